The molecule has 2 heterocycles. The van der Waals surface area contributed by atoms with Crippen LogP contribution in [-0.4, -0.2) is 48.8 Å². The van der Waals surface area contributed by atoms with Crippen LogP contribution in [0.25, 0.3) is 11.0 Å². The van der Waals surface area contributed by atoms with Crippen LogP contribution in [0, 0.1) is 0 Å². The summed E-state index contributed by atoms with van der Waals surface area (Å²) in [5, 5.41) is 13.8. The van der Waals surface area contributed by atoms with E-state index in [0.29, 0.717) is 18.3 Å². The SMILES string of the molecule is CCn1c(SCC(=O)NCCCc2nnc(SC)n2C2CCCC2)nc2ccccc21. The van der Waals surface area contributed by atoms with Crippen LogP contribution in [0.15, 0.2) is 34.6 Å². The molecule has 1 aliphatic carbocycles. The molecular weight excluding hydrogens is 428 g/mol. The number of thioether (sulfide) groups is 2. The van der Waals surface area contributed by atoms with Crippen molar-refractivity contribution in [2.45, 2.75) is 68.3 Å². The van der Waals surface area contributed by atoms with Crippen LogP contribution >= 0.6 is 23.5 Å². The molecule has 166 valence electrons. The number of carbonyl (C=O) groups excluding carboxylic acids is 1. The second-order valence-corrected chi connectivity index (χ2v) is 9.50. The number of benzene rings is 1. The minimum absolute atomic E-state index is 0.0433. The van der Waals surface area contributed by atoms with Gasteiger partial charge in [0.2, 0.25) is 5.91 Å². The summed E-state index contributed by atoms with van der Waals surface area (Å²) >= 11 is 3.16. The fraction of sp³-hybridized carbons (Fsp3) is 0.545. The van der Waals surface area contributed by atoms with Gasteiger partial charge < -0.3 is 14.5 Å². The number of carbonyl (C=O) groups is 1. The third-order valence-corrected chi connectivity index (χ3v) is 7.39. The topological polar surface area (TPSA) is 77.6 Å². The smallest absolute Gasteiger partial charge is 0.230 e. The predicted molar refractivity (Wildman–Crippen MR) is 127 cm³/mol. The molecule has 1 saturated carbocycles. The van der Waals surface area contributed by atoms with E-state index in [4.69, 9.17) is 0 Å². The standard InChI is InChI=1S/C22H30N6OS2/c1-3-27-18-12-7-6-11-17(18)24-21(27)31-15-20(29)23-14-8-13-19-25-26-22(30-2)28(19)16-9-4-5-10-16/h6-7,11-12,16H,3-5,8-10,13-15H2,1-2H3,(H,23,29). The fourth-order valence-corrected chi connectivity index (χ4v) is 5.75. The molecule has 0 atom stereocenters. The Morgan fingerprint density at radius 1 is 1.19 bits per heavy atom. The summed E-state index contributed by atoms with van der Waals surface area (Å²) in [4.78, 5) is 17.0. The molecule has 4 rings (SSSR count). The van der Waals surface area contributed by atoms with Gasteiger partial charge in [0.1, 0.15) is 5.82 Å². The quantitative estimate of drug-likeness (QED) is 0.360. The van der Waals surface area contributed by atoms with Crippen molar-refractivity contribution in [1.29, 1.82) is 0 Å². The molecule has 1 N–H and O–H groups in total. The molecule has 1 aromatic carbocycles. The third-order valence-electron chi connectivity index (χ3n) is 5.78. The summed E-state index contributed by atoms with van der Waals surface area (Å²) < 4.78 is 4.50. The van der Waals surface area contributed by atoms with Crippen molar-refractivity contribution in [1.82, 2.24) is 29.6 Å². The number of hydrogen-bond acceptors (Lipinski definition) is 6. The Kier molecular flexibility index (Phi) is 7.55. The summed E-state index contributed by atoms with van der Waals surface area (Å²) in [7, 11) is 0. The van der Waals surface area contributed by atoms with Crippen LogP contribution in [0.5, 0.6) is 0 Å². The van der Waals surface area contributed by atoms with Crippen molar-refractivity contribution >= 4 is 40.5 Å². The average molecular weight is 459 g/mol. The maximum Gasteiger partial charge on any atom is 0.230 e. The molecule has 31 heavy (non-hydrogen) atoms. The van der Waals surface area contributed by atoms with Gasteiger partial charge in [-0.25, -0.2) is 4.98 Å². The molecule has 0 unspecified atom stereocenters. The van der Waals surface area contributed by atoms with Gasteiger partial charge in [-0.3, -0.25) is 4.79 Å². The number of para-hydroxylation sites is 2. The molecule has 2 aromatic heterocycles. The van der Waals surface area contributed by atoms with Crippen LogP contribution in [0.4, 0.5) is 0 Å². The molecule has 9 heteroatoms. The van der Waals surface area contributed by atoms with Crippen LogP contribution < -0.4 is 5.32 Å². The van der Waals surface area contributed by atoms with Gasteiger partial charge in [0.15, 0.2) is 10.3 Å². The molecule has 1 amide bonds. The molecule has 3 aromatic rings. The summed E-state index contributed by atoms with van der Waals surface area (Å²) in [6.45, 7) is 3.59. The number of nitrogens with zero attached hydrogens (tertiary/aromatic N) is 5. The first kappa shape index (κ1) is 22.2. The van der Waals surface area contributed by atoms with Crippen LogP contribution in [0.3, 0.4) is 0 Å². The van der Waals surface area contributed by atoms with Gasteiger partial charge in [-0.05, 0) is 44.6 Å². The van der Waals surface area contributed by atoms with E-state index in [1.54, 1.807) is 11.8 Å². The summed E-state index contributed by atoms with van der Waals surface area (Å²) in [5.74, 6) is 1.47. The molecule has 0 spiro atoms. The third kappa shape index (κ3) is 5.09. The van der Waals surface area contributed by atoms with Crippen molar-refractivity contribution < 1.29 is 4.79 Å². The lowest BCUT2D eigenvalue weighted by Crippen LogP contribution is -2.27. The van der Waals surface area contributed by atoms with Gasteiger partial charge in [0.05, 0.1) is 16.8 Å². The van der Waals surface area contributed by atoms with E-state index in [1.165, 1.54) is 37.4 Å². The Morgan fingerprint density at radius 3 is 2.77 bits per heavy atom. The number of amides is 1. The predicted octanol–water partition coefficient (Wildman–Crippen LogP) is 4.33. The van der Waals surface area contributed by atoms with E-state index in [2.05, 4.69) is 48.9 Å². The van der Waals surface area contributed by atoms with E-state index in [-0.39, 0.29) is 5.91 Å². The summed E-state index contributed by atoms with van der Waals surface area (Å²) in [6.07, 6.45) is 8.77. The number of hydrogen-bond donors (Lipinski definition) is 1. The molecular formula is C22H30N6OS2. The highest BCUT2D eigenvalue weighted by molar-refractivity contribution is 7.99. The molecule has 0 aliphatic heterocycles. The Balaban J connectivity index is 1.26. The molecule has 7 nitrogen and oxygen atoms in total. The number of imidazole rings is 1. The number of rotatable bonds is 10. The highest BCUT2D eigenvalue weighted by Crippen LogP contribution is 2.33. The summed E-state index contributed by atoms with van der Waals surface area (Å²) in [6, 6.07) is 8.64. The van der Waals surface area contributed by atoms with E-state index >= 15 is 0 Å². The number of aromatic nitrogens is 5. The van der Waals surface area contributed by atoms with E-state index in [0.717, 1.165) is 46.6 Å². The zero-order chi connectivity index (χ0) is 21.6. The minimum Gasteiger partial charge on any atom is -0.355 e. The molecule has 1 fully saturated rings. The van der Waals surface area contributed by atoms with Crippen LogP contribution in [0.1, 0.15) is 50.9 Å². The van der Waals surface area contributed by atoms with Crippen LogP contribution in [0.2, 0.25) is 0 Å². The van der Waals surface area contributed by atoms with Gasteiger partial charge in [-0.15, -0.1) is 10.2 Å². The second kappa shape index (κ2) is 10.5. The van der Waals surface area contributed by atoms with Crippen molar-refractivity contribution in [2.24, 2.45) is 0 Å². The Bertz CT molecular complexity index is 1020. The van der Waals surface area contributed by atoms with E-state index < -0.39 is 0 Å². The van der Waals surface area contributed by atoms with E-state index in [1.807, 2.05) is 18.2 Å². The van der Waals surface area contributed by atoms with Gasteiger partial charge in [0, 0.05) is 25.6 Å². The van der Waals surface area contributed by atoms with Crippen molar-refractivity contribution in [3.05, 3.63) is 30.1 Å². The summed E-state index contributed by atoms with van der Waals surface area (Å²) in [5.41, 5.74) is 2.09. The number of fused-ring (bicyclic) bond motifs is 1. The number of nitrogens with one attached hydrogen (secondary N) is 1. The lowest BCUT2D eigenvalue weighted by molar-refractivity contribution is -0.118. The number of aryl methyl sites for hydroxylation is 2. The second-order valence-electron chi connectivity index (χ2n) is 7.78. The first-order chi connectivity index (χ1) is 15.2. The highest BCUT2D eigenvalue weighted by Gasteiger charge is 2.23. The van der Waals surface area contributed by atoms with Gasteiger partial charge in [0.25, 0.3) is 0 Å². The Hall–Kier alpha value is -2.00. The van der Waals surface area contributed by atoms with E-state index in [9.17, 15) is 4.79 Å². The van der Waals surface area contributed by atoms with Crippen molar-refractivity contribution in [2.75, 3.05) is 18.6 Å². The van der Waals surface area contributed by atoms with Gasteiger partial charge >= 0.3 is 0 Å². The minimum atomic E-state index is 0.0433. The highest BCUT2D eigenvalue weighted by atomic mass is 32.2. The first-order valence-corrected chi connectivity index (χ1v) is 13.2. The maximum absolute atomic E-state index is 12.4. The largest absolute Gasteiger partial charge is 0.355 e. The van der Waals surface area contributed by atoms with Crippen LogP contribution in [-0.2, 0) is 17.8 Å². The molecule has 1 aliphatic rings. The van der Waals surface area contributed by atoms with Crippen molar-refractivity contribution in [3.63, 3.8) is 0 Å². The zero-order valence-electron chi connectivity index (χ0n) is 18.2. The monoisotopic (exact) mass is 458 g/mol. The normalized spacial score (nSPS) is 14.5. The van der Waals surface area contributed by atoms with Gasteiger partial charge in [-0.1, -0.05) is 48.5 Å². The zero-order valence-corrected chi connectivity index (χ0v) is 19.8. The first-order valence-electron chi connectivity index (χ1n) is 11.0. The van der Waals surface area contributed by atoms with Gasteiger partial charge in [-0.2, -0.15) is 0 Å². The molecule has 0 bridgehead atoms. The maximum atomic E-state index is 12.4. The Labute approximate surface area is 191 Å². The molecule has 0 radical (unpaired) electrons. The fourth-order valence-electron chi connectivity index (χ4n) is 4.27. The lowest BCUT2D eigenvalue weighted by atomic mass is 10.2. The average Bonchev–Trinajstić information content (AvgIpc) is 3.52. The Morgan fingerprint density at radius 2 is 2.00 bits per heavy atom. The van der Waals surface area contributed by atoms with Crippen molar-refractivity contribution in [3.8, 4) is 0 Å². The molecule has 0 saturated heterocycles. The lowest BCUT2D eigenvalue weighted by Gasteiger charge is -2.16.